The molecule has 0 radical (unpaired) electrons. The monoisotopic (exact) mass is 324 g/mol. The standard InChI is InChI=1S/2C4F6/c2*5-3(6,7)1-2-4(8,9)10. The summed E-state index contributed by atoms with van der Waals surface area (Å²) in [5.41, 5.74) is 0. The van der Waals surface area contributed by atoms with Crippen LogP contribution in [-0.4, -0.2) is 24.7 Å². The first kappa shape index (κ1) is 20.6. The Morgan fingerprint density at radius 2 is 0.400 bits per heavy atom. The first-order chi connectivity index (χ1) is 8.41. The average Bonchev–Trinajstić information content (AvgIpc) is 2.09. The molecule has 0 saturated carbocycles. The molecule has 0 N–H and O–H groups in total. The van der Waals surface area contributed by atoms with E-state index in [0.717, 1.165) is 0 Å². The Morgan fingerprint density at radius 3 is 0.450 bits per heavy atom. The van der Waals surface area contributed by atoms with Crippen molar-refractivity contribution < 1.29 is 52.7 Å². The van der Waals surface area contributed by atoms with Crippen molar-refractivity contribution in [2.45, 2.75) is 24.7 Å². The molecule has 0 bridgehead atoms. The number of rotatable bonds is 0. The Balaban J connectivity index is 0. The maximum atomic E-state index is 10.9. The van der Waals surface area contributed by atoms with Gasteiger partial charge in [-0.05, 0) is 0 Å². The van der Waals surface area contributed by atoms with E-state index in [1.54, 1.807) is 0 Å². The van der Waals surface area contributed by atoms with E-state index in [1.807, 2.05) is 0 Å². The van der Waals surface area contributed by atoms with Gasteiger partial charge in [0.15, 0.2) is 0 Å². The molecule has 20 heavy (non-hydrogen) atoms. The second-order valence-corrected chi connectivity index (χ2v) is 2.49. The summed E-state index contributed by atoms with van der Waals surface area (Å²) in [5.74, 6) is 0.347. The molecule has 0 unspecified atom stereocenters. The molecule has 0 aliphatic carbocycles. The Bertz CT molecular complexity index is 328. The van der Waals surface area contributed by atoms with E-state index >= 15 is 0 Å². The van der Waals surface area contributed by atoms with E-state index in [0.29, 0.717) is 0 Å². The van der Waals surface area contributed by atoms with Crippen molar-refractivity contribution in [3.8, 4) is 23.7 Å². The average molecular weight is 324 g/mol. The van der Waals surface area contributed by atoms with Crippen LogP contribution in [-0.2, 0) is 0 Å². The topological polar surface area (TPSA) is 0 Å². The Labute approximate surface area is 102 Å². The fraction of sp³-hybridized carbons (Fsp3) is 0.500. The van der Waals surface area contributed by atoms with Crippen LogP contribution < -0.4 is 0 Å². The minimum absolute atomic E-state index is 0.0868. The third-order valence-corrected chi connectivity index (χ3v) is 0.692. The first-order valence-corrected chi connectivity index (χ1v) is 3.77. The summed E-state index contributed by atoms with van der Waals surface area (Å²) in [5, 5.41) is 0. The summed E-state index contributed by atoms with van der Waals surface area (Å²) in [7, 11) is 0. The van der Waals surface area contributed by atoms with Gasteiger partial charge in [0.1, 0.15) is 0 Å². The van der Waals surface area contributed by atoms with E-state index in [4.69, 9.17) is 0 Å². The van der Waals surface area contributed by atoms with Crippen LogP contribution in [0, 0.1) is 23.7 Å². The summed E-state index contributed by atoms with van der Waals surface area (Å²) in [4.78, 5) is 0. The van der Waals surface area contributed by atoms with Crippen LogP contribution in [0.25, 0.3) is 0 Å². The number of hydrogen-bond donors (Lipinski definition) is 0. The number of hydrogen-bond acceptors (Lipinski definition) is 0. The lowest BCUT2D eigenvalue weighted by atomic mass is 10.5. The molecule has 0 aromatic rings. The molecule has 0 spiro atoms. The Hall–Kier alpha value is -1.72. The fourth-order valence-electron chi connectivity index (χ4n) is 0.283. The summed E-state index contributed by atoms with van der Waals surface area (Å²) in [6.45, 7) is 0. The highest BCUT2D eigenvalue weighted by Gasteiger charge is 2.29. The highest BCUT2D eigenvalue weighted by Crippen LogP contribution is 2.17. The third kappa shape index (κ3) is 25.2. The van der Waals surface area contributed by atoms with E-state index < -0.39 is 24.7 Å². The summed E-state index contributed by atoms with van der Waals surface area (Å²) >= 11 is 0. The van der Waals surface area contributed by atoms with Gasteiger partial charge in [-0.15, -0.1) is 0 Å². The predicted octanol–water partition coefficient (Wildman–Crippen LogP) is 4.23. The smallest absolute Gasteiger partial charge is 0.159 e. The summed E-state index contributed by atoms with van der Waals surface area (Å²) < 4.78 is 131. The van der Waals surface area contributed by atoms with Gasteiger partial charge in [0.2, 0.25) is 0 Å². The molecule has 0 aromatic carbocycles. The lowest BCUT2D eigenvalue weighted by Gasteiger charge is -1.94. The second-order valence-electron chi connectivity index (χ2n) is 2.49. The maximum absolute atomic E-state index is 10.9. The van der Waals surface area contributed by atoms with Gasteiger partial charge in [0, 0.05) is 23.7 Å². The zero-order valence-electron chi connectivity index (χ0n) is 8.54. The van der Waals surface area contributed by atoms with Gasteiger partial charge in [-0.2, -0.15) is 52.7 Å². The van der Waals surface area contributed by atoms with Crippen LogP contribution >= 0.6 is 0 Å². The molecule has 0 aliphatic heterocycles. The molecule has 0 nitrogen and oxygen atoms in total. The van der Waals surface area contributed by atoms with Crippen LogP contribution in [0.15, 0.2) is 0 Å². The van der Waals surface area contributed by atoms with Crippen LogP contribution in [0.1, 0.15) is 0 Å². The van der Waals surface area contributed by atoms with Crippen molar-refractivity contribution in [2.24, 2.45) is 0 Å². The van der Waals surface area contributed by atoms with E-state index in [9.17, 15) is 52.7 Å². The van der Waals surface area contributed by atoms with Crippen molar-refractivity contribution in [1.29, 1.82) is 0 Å². The van der Waals surface area contributed by atoms with E-state index in [-0.39, 0.29) is 23.7 Å². The molecule has 0 rings (SSSR count). The minimum Gasteiger partial charge on any atom is -0.159 e. The summed E-state index contributed by atoms with van der Waals surface area (Å²) in [6, 6.07) is 0. The molecule has 0 aromatic heterocycles. The zero-order valence-corrected chi connectivity index (χ0v) is 8.54. The van der Waals surface area contributed by atoms with E-state index in [2.05, 4.69) is 0 Å². The molecular weight excluding hydrogens is 324 g/mol. The normalized spacial score (nSPS) is 12.2. The summed E-state index contributed by atoms with van der Waals surface area (Å²) in [6.07, 6.45) is -20.3. The lowest BCUT2D eigenvalue weighted by Crippen LogP contribution is -2.07. The maximum Gasteiger partial charge on any atom is 0.457 e. The molecule has 0 amide bonds. The molecular formula is C8F12. The molecule has 116 valence electrons. The van der Waals surface area contributed by atoms with Crippen molar-refractivity contribution in [3.05, 3.63) is 0 Å². The van der Waals surface area contributed by atoms with E-state index in [1.165, 1.54) is 0 Å². The Morgan fingerprint density at radius 1 is 0.300 bits per heavy atom. The number of alkyl halides is 12. The van der Waals surface area contributed by atoms with Gasteiger partial charge in [-0.25, -0.2) is 0 Å². The van der Waals surface area contributed by atoms with Crippen LogP contribution in [0.4, 0.5) is 52.7 Å². The van der Waals surface area contributed by atoms with Gasteiger partial charge in [-0.3, -0.25) is 0 Å². The first-order valence-electron chi connectivity index (χ1n) is 3.77. The molecule has 12 heteroatoms. The highest BCUT2D eigenvalue weighted by molar-refractivity contribution is 5.10. The van der Waals surface area contributed by atoms with Crippen LogP contribution in [0.2, 0.25) is 0 Å². The van der Waals surface area contributed by atoms with Crippen molar-refractivity contribution in [3.63, 3.8) is 0 Å². The number of halogens is 12. The van der Waals surface area contributed by atoms with Gasteiger partial charge in [0.05, 0.1) is 0 Å². The third-order valence-electron chi connectivity index (χ3n) is 0.692. The molecule has 0 fully saturated rings. The Kier molecular flexibility index (Phi) is 6.83. The molecule has 0 atom stereocenters. The predicted molar refractivity (Wildman–Crippen MR) is 39.8 cm³/mol. The fourth-order valence-corrected chi connectivity index (χ4v) is 0.283. The molecule has 0 heterocycles. The highest BCUT2D eigenvalue weighted by atomic mass is 19.4. The van der Waals surface area contributed by atoms with Crippen molar-refractivity contribution in [1.82, 2.24) is 0 Å². The van der Waals surface area contributed by atoms with Gasteiger partial charge in [0.25, 0.3) is 0 Å². The van der Waals surface area contributed by atoms with Crippen molar-refractivity contribution in [2.75, 3.05) is 0 Å². The second kappa shape index (κ2) is 6.63. The molecule has 0 aliphatic rings. The SMILES string of the molecule is FC(F)(F)C#CC(F)(F)F.FC(F)(F)C#CC(F)(F)F. The van der Waals surface area contributed by atoms with Crippen LogP contribution in [0.5, 0.6) is 0 Å². The largest absolute Gasteiger partial charge is 0.457 e. The van der Waals surface area contributed by atoms with Gasteiger partial charge in [-0.1, -0.05) is 0 Å². The zero-order chi connectivity index (χ0) is 16.8. The van der Waals surface area contributed by atoms with Crippen molar-refractivity contribution >= 4 is 0 Å². The van der Waals surface area contributed by atoms with Crippen LogP contribution in [0.3, 0.4) is 0 Å². The quantitative estimate of drug-likeness (QED) is 0.462. The lowest BCUT2D eigenvalue weighted by molar-refractivity contribution is -0.0821. The molecule has 0 saturated heterocycles. The minimum atomic E-state index is -5.07. The van der Waals surface area contributed by atoms with Gasteiger partial charge >= 0.3 is 24.7 Å². The van der Waals surface area contributed by atoms with Gasteiger partial charge < -0.3 is 0 Å².